The predicted octanol–water partition coefficient (Wildman–Crippen LogP) is 5.24. The van der Waals surface area contributed by atoms with Gasteiger partial charge in [0.1, 0.15) is 0 Å². The van der Waals surface area contributed by atoms with Gasteiger partial charge in [0, 0.05) is 6.04 Å². The summed E-state index contributed by atoms with van der Waals surface area (Å²) in [7, 11) is 2.08. The minimum Gasteiger partial charge on any atom is -0.313 e. The summed E-state index contributed by atoms with van der Waals surface area (Å²) in [6, 6.07) is 7.53. The Morgan fingerprint density at radius 1 is 0.947 bits per heavy atom. The van der Waals surface area contributed by atoms with Crippen molar-refractivity contribution in [1.82, 2.24) is 5.32 Å². The van der Waals surface area contributed by atoms with Crippen molar-refractivity contribution in [2.24, 2.45) is 5.92 Å². The zero-order valence-corrected chi connectivity index (χ0v) is 13.7. The monoisotopic (exact) mass is 261 g/mol. The molecule has 1 aromatic rings. The van der Waals surface area contributed by atoms with Gasteiger partial charge in [-0.25, -0.2) is 0 Å². The van der Waals surface area contributed by atoms with Gasteiger partial charge in [0.2, 0.25) is 0 Å². The predicted molar refractivity (Wildman–Crippen MR) is 85.9 cm³/mol. The number of rotatable bonds is 6. The van der Waals surface area contributed by atoms with Crippen LogP contribution >= 0.6 is 0 Å². The average Bonchev–Trinajstić information content (AvgIpc) is 2.39. The Balaban J connectivity index is 3.25. The molecule has 0 heterocycles. The van der Waals surface area contributed by atoms with E-state index in [4.69, 9.17) is 0 Å². The van der Waals surface area contributed by atoms with E-state index < -0.39 is 0 Å². The maximum atomic E-state index is 3.51. The number of hydrogen-bond donors (Lipinski definition) is 1. The molecule has 0 aliphatic carbocycles. The summed E-state index contributed by atoms with van der Waals surface area (Å²) >= 11 is 0. The van der Waals surface area contributed by atoms with Crippen LogP contribution in [0.4, 0.5) is 0 Å². The molecular weight excluding hydrogens is 230 g/mol. The summed E-state index contributed by atoms with van der Waals surface area (Å²) < 4.78 is 0. The van der Waals surface area contributed by atoms with Gasteiger partial charge in [-0.3, -0.25) is 0 Å². The summed E-state index contributed by atoms with van der Waals surface area (Å²) in [4.78, 5) is 0. The summed E-state index contributed by atoms with van der Waals surface area (Å²) in [5.74, 6) is 1.84. The highest BCUT2D eigenvalue weighted by Crippen LogP contribution is 2.32. The van der Waals surface area contributed by atoms with Crippen LogP contribution in [0.5, 0.6) is 0 Å². The molecule has 2 atom stereocenters. The lowest BCUT2D eigenvalue weighted by atomic mass is 9.84. The van der Waals surface area contributed by atoms with Gasteiger partial charge >= 0.3 is 0 Å². The normalized spacial score (nSPS) is 15.0. The largest absolute Gasteiger partial charge is 0.313 e. The van der Waals surface area contributed by atoms with Crippen molar-refractivity contribution in [2.45, 2.75) is 65.8 Å². The minimum absolute atomic E-state index is 0.462. The summed E-state index contributed by atoms with van der Waals surface area (Å²) in [6.45, 7) is 13.7. The first-order valence-corrected chi connectivity index (χ1v) is 7.73. The molecule has 0 aromatic heterocycles. The lowest BCUT2D eigenvalue weighted by molar-refractivity contribution is 0.397. The second kappa shape index (κ2) is 7.09. The van der Waals surface area contributed by atoms with E-state index in [9.17, 15) is 0 Å². The molecule has 1 heteroatoms. The van der Waals surface area contributed by atoms with Crippen molar-refractivity contribution in [3.8, 4) is 0 Å². The van der Waals surface area contributed by atoms with Gasteiger partial charge in [0.25, 0.3) is 0 Å². The van der Waals surface area contributed by atoms with Crippen molar-refractivity contribution in [1.29, 1.82) is 0 Å². The molecule has 0 saturated carbocycles. The SMILES string of the molecule is CCC(C)C(NC)c1ccc(C(C)C)cc1C(C)C. The molecule has 0 radical (unpaired) electrons. The van der Waals surface area contributed by atoms with Gasteiger partial charge in [-0.05, 0) is 41.5 Å². The van der Waals surface area contributed by atoms with Crippen LogP contribution in [-0.2, 0) is 0 Å². The number of nitrogens with one attached hydrogen (secondary N) is 1. The van der Waals surface area contributed by atoms with E-state index in [0.717, 1.165) is 0 Å². The molecule has 0 spiro atoms. The molecule has 108 valence electrons. The van der Waals surface area contributed by atoms with Gasteiger partial charge in [-0.1, -0.05) is 66.2 Å². The van der Waals surface area contributed by atoms with Crippen LogP contribution in [0, 0.1) is 5.92 Å². The van der Waals surface area contributed by atoms with Crippen LogP contribution in [0.25, 0.3) is 0 Å². The van der Waals surface area contributed by atoms with E-state index in [-0.39, 0.29) is 0 Å². The van der Waals surface area contributed by atoms with Crippen molar-refractivity contribution in [3.63, 3.8) is 0 Å². The van der Waals surface area contributed by atoms with E-state index in [1.165, 1.54) is 23.1 Å². The maximum absolute atomic E-state index is 3.51. The standard InChI is InChI=1S/C18H31N/c1-8-14(6)18(19-7)16-10-9-15(12(2)3)11-17(16)13(4)5/h9-14,18-19H,8H2,1-7H3. The molecule has 2 unspecified atom stereocenters. The first kappa shape index (κ1) is 16.2. The molecule has 1 nitrogen and oxygen atoms in total. The topological polar surface area (TPSA) is 12.0 Å². The molecule has 1 rings (SSSR count). The van der Waals surface area contributed by atoms with Gasteiger partial charge in [-0.15, -0.1) is 0 Å². The van der Waals surface area contributed by atoms with Gasteiger partial charge in [-0.2, -0.15) is 0 Å². The van der Waals surface area contributed by atoms with Crippen LogP contribution < -0.4 is 5.32 Å². The van der Waals surface area contributed by atoms with Crippen LogP contribution in [0.15, 0.2) is 18.2 Å². The first-order valence-electron chi connectivity index (χ1n) is 7.73. The second-order valence-corrected chi connectivity index (χ2v) is 6.35. The minimum atomic E-state index is 0.462. The Labute approximate surface area is 119 Å². The Morgan fingerprint density at radius 2 is 1.58 bits per heavy atom. The maximum Gasteiger partial charge on any atom is 0.0346 e. The highest BCUT2D eigenvalue weighted by Gasteiger charge is 2.20. The fourth-order valence-corrected chi connectivity index (χ4v) is 2.72. The zero-order chi connectivity index (χ0) is 14.6. The molecule has 0 saturated heterocycles. The first-order chi connectivity index (χ1) is 8.92. The van der Waals surface area contributed by atoms with Crippen LogP contribution in [-0.4, -0.2) is 7.05 Å². The molecule has 0 amide bonds. The zero-order valence-electron chi connectivity index (χ0n) is 13.7. The number of hydrogen-bond acceptors (Lipinski definition) is 1. The molecule has 0 fully saturated rings. The van der Waals surface area contributed by atoms with Gasteiger partial charge in [0.05, 0.1) is 0 Å². The fourth-order valence-electron chi connectivity index (χ4n) is 2.72. The Kier molecular flexibility index (Phi) is 6.06. The van der Waals surface area contributed by atoms with Crippen LogP contribution in [0.1, 0.15) is 82.5 Å². The Morgan fingerprint density at radius 3 is 2.00 bits per heavy atom. The van der Waals surface area contributed by atoms with Crippen molar-refractivity contribution in [2.75, 3.05) is 7.05 Å². The van der Waals surface area contributed by atoms with Crippen molar-refractivity contribution < 1.29 is 0 Å². The Bertz CT molecular complexity index is 393. The second-order valence-electron chi connectivity index (χ2n) is 6.35. The van der Waals surface area contributed by atoms with Crippen molar-refractivity contribution >= 4 is 0 Å². The average molecular weight is 261 g/mol. The summed E-state index contributed by atoms with van der Waals surface area (Å²) in [6.07, 6.45) is 1.20. The molecule has 0 aliphatic heterocycles. The third-order valence-electron chi connectivity index (χ3n) is 4.26. The molecule has 1 aromatic carbocycles. The lowest BCUT2D eigenvalue weighted by Gasteiger charge is -2.27. The smallest absolute Gasteiger partial charge is 0.0346 e. The van der Waals surface area contributed by atoms with E-state index in [1.54, 1.807) is 0 Å². The van der Waals surface area contributed by atoms with E-state index in [0.29, 0.717) is 23.8 Å². The third-order valence-corrected chi connectivity index (χ3v) is 4.26. The lowest BCUT2D eigenvalue weighted by Crippen LogP contribution is -2.24. The van der Waals surface area contributed by atoms with Crippen molar-refractivity contribution in [3.05, 3.63) is 34.9 Å². The van der Waals surface area contributed by atoms with Crippen LogP contribution in [0.2, 0.25) is 0 Å². The molecule has 19 heavy (non-hydrogen) atoms. The quantitative estimate of drug-likeness (QED) is 0.738. The molecular formula is C18H31N. The number of benzene rings is 1. The van der Waals surface area contributed by atoms with Gasteiger partial charge < -0.3 is 5.32 Å². The fraction of sp³-hybridized carbons (Fsp3) is 0.667. The molecule has 1 N–H and O–H groups in total. The Hall–Kier alpha value is -0.820. The summed E-state index contributed by atoms with van der Waals surface area (Å²) in [5.41, 5.74) is 4.44. The van der Waals surface area contributed by atoms with E-state index >= 15 is 0 Å². The van der Waals surface area contributed by atoms with Gasteiger partial charge in [0.15, 0.2) is 0 Å². The third kappa shape index (κ3) is 3.82. The van der Waals surface area contributed by atoms with E-state index in [2.05, 4.69) is 72.1 Å². The highest BCUT2D eigenvalue weighted by atomic mass is 14.9. The summed E-state index contributed by atoms with van der Waals surface area (Å²) in [5, 5.41) is 3.51. The van der Waals surface area contributed by atoms with E-state index in [1.807, 2.05) is 0 Å². The molecule has 0 bridgehead atoms. The molecule has 0 aliphatic rings. The highest BCUT2D eigenvalue weighted by molar-refractivity contribution is 5.37. The van der Waals surface area contributed by atoms with Crippen LogP contribution in [0.3, 0.4) is 0 Å².